The molecule has 0 radical (unpaired) electrons. The monoisotopic (exact) mass is 314 g/mol. The summed E-state index contributed by atoms with van der Waals surface area (Å²) in [7, 11) is 0. The summed E-state index contributed by atoms with van der Waals surface area (Å²) in [6, 6.07) is 7.42. The Hall–Kier alpha value is -1.35. The van der Waals surface area contributed by atoms with Crippen molar-refractivity contribution in [2.45, 2.75) is 0 Å². The molecule has 0 aliphatic carbocycles. The highest BCUT2D eigenvalue weighted by molar-refractivity contribution is 6.37. The molecule has 0 aliphatic heterocycles. The van der Waals surface area contributed by atoms with Gasteiger partial charge in [-0.2, -0.15) is 0 Å². The molecule has 0 saturated carbocycles. The Morgan fingerprint density at radius 3 is 2.00 bits per heavy atom. The molecule has 0 aromatic heterocycles. The summed E-state index contributed by atoms with van der Waals surface area (Å²) in [5, 5.41) is 19.9. The number of rotatable bonds is 2. The van der Waals surface area contributed by atoms with Gasteiger partial charge >= 0.3 is 0 Å². The molecule has 0 bridgehead atoms. The average molecular weight is 316 g/mol. The second-order valence-electron chi connectivity index (χ2n) is 3.86. The molecule has 0 spiro atoms. The van der Waals surface area contributed by atoms with E-state index in [0.717, 1.165) is 0 Å². The van der Waals surface area contributed by atoms with Gasteiger partial charge in [0.2, 0.25) is 0 Å². The fraction of sp³-hybridized carbons (Fsp3) is 0. The fourth-order valence-electron chi connectivity index (χ4n) is 1.56. The standard InChI is InChI=1S/C14H9Cl3O2/c15-12-4-2-9(18)5-8(12)1-3-11-13(16)6-10(19)7-14(11)17/h1-7,18-19H/b3-1-. The zero-order valence-corrected chi connectivity index (χ0v) is 11.8. The van der Waals surface area contributed by atoms with Crippen LogP contribution in [0, 0.1) is 0 Å². The van der Waals surface area contributed by atoms with Crippen LogP contribution in [-0.4, -0.2) is 10.2 Å². The average Bonchev–Trinajstić information content (AvgIpc) is 2.32. The first-order chi connectivity index (χ1) is 8.97. The molecule has 0 fully saturated rings. The molecule has 5 heteroatoms. The van der Waals surface area contributed by atoms with Gasteiger partial charge < -0.3 is 10.2 Å². The van der Waals surface area contributed by atoms with Crippen LogP contribution in [0.5, 0.6) is 11.5 Å². The summed E-state index contributed by atoms with van der Waals surface area (Å²) in [4.78, 5) is 0. The molecule has 0 aliphatic rings. The van der Waals surface area contributed by atoms with Crippen LogP contribution in [-0.2, 0) is 0 Å². The number of hydrogen-bond donors (Lipinski definition) is 2. The lowest BCUT2D eigenvalue weighted by atomic mass is 10.1. The quantitative estimate of drug-likeness (QED) is 0.745. The van der Waals surface area contributed by atoms with Gasteiger partial charge in [-0.3, -0.25) is 0 Å². The minimum atomic E-state index is 0.00235. The molecule has 98 valence electrons. The lowest BCUT2D eigenvalue weighted by molar-refractivity contribution is 0.475. The van der Waals surface area contributed by atoms with Gasteiger partial charge in [0.1, 0.15) is 11.5 Å². The molecule has 2 N–H and O–H groups in total. The van der Waals surface area contributed by atoms with Crippen molar-refractivity contribution in [3.05, 3.63) is 56.5 Å². The van der Waals surface area contributed by atoms with Crippen molar-refractivity contribution >= 4 is 47.0 Å². The van der Waals surface area contributed by atoms with Crippen LogP contribution in [0.25, 0.3) is 12.2 Å². The van der Waals surface area contributed by atoms with Gasteiger partial charge in [0, 0.05) is 10.6 Å². The molecule has 2 aromatic carbocycles. The highest BCUT2D eigenvalue weighted by Gasteiger charge is 2.05. The van der Waals surface area contributed by atoms with E-state index < -0.39 is 0 Å². The van der Waals surface area contributed by atoms with Crippen LogP contribution in [0.2, 0.25) is 15.1 Å². The van der Waals surface area contributed by atoms with Gasteiger partial charge in [-0.1, -0.05) is 47.0 Å². The summed E-state index contributed by atoms with van der Waals surface area (Å²) in [5.74, 6) is 0.120. The molecular weight excluding hydrogens is 307 g/mol. The van der Waals surface area contributed by atoms with Crippen LogP contribution in [0.1, 0.15) is 11.1 Å². The lowest BCUT2D eigenvalue weighted by Gasteiger charge is -2.04. The largest absolute Gasteiger partial charge is 0.508 e. The Morgan fingerprint density at radius 1 is 0.737 bits per heavy atom. The first kappa shape index (κ1) is 14.1. The third kappa shape index (κ3) is 3.35. The SMILES string of the molecule is Oc1cc(Cl)c(/C=C\c2cc(O)ccc2Cl)c(Cl)c1. The lowest BCUT2D eigenvalue weighted by Crippen LogP contribution is -1.80. The summed E-state index contributed by atoms with van der Waals surface area (Å²) >= 11 is 18.0. The first-order valence-corrected chi connectivity index (χ1v) is 6.45. The number of phenols is 2. The number of hydrogen-bond acceptors (Lipinski definition) is 2. The summed E-state index contributed by atoms with van der Waals surface area (Å²) < 4.78 is 0. The Kier molecular flexibility index (Phi) is 4.25. The van der Waals surface area contributed by atoms with Gasteiger partial charge in [0.05, 0.1) is 10.0 Å². The zero-order chi connectivity index (χ0) is 14.0. The van der Waals surface area contributed by atoms with Crippen LogP contribution in [0.15, 0.2) is 30.3 Å². The maximum atomic E-state index is 9.40. The summed E-state index contributed by atoms with van der Waals surface area (Å²) in [6.45, 7) is 0. The highest BCUT2D eigenvalue weighted by atomic mass is 35.5. The smallest absolute Gasteiger partial charge is 0.118 e. The van der Waals surface area contributed by atoms with E-state index in [1.807, 2.05) is 0 Å². The second kappa shape index (κ2) is 5.74. The van der Waals surface area contributed by atoms with Gasteiger partial charge in [0.15, 0.2) is 0 Å². The Bertz CT molecular complexity index is 628. The van der Waals surface area contributed by atoms with Gasteiger partial charge in [-0.05, 0) is 35.9 Å². The van der Waals surface area contributed by atoms with Crippen molar-refractivity contribution in [3.8, 4) is 11.5 Å². The molecule has 2 rings (SSSR count). The Balaban J connectivity index is 2.41. The third-order valence-corrected chi connectivity index (χ3v) is 3.44. The third-order valence-electron chi connectivity index (χ3n) is 2.47. The molecule has 0 unspecified atom stereocenters. The highest BCUT2D eigenvalue weighted by Crippen LogP contribution is 2.32. The van der Waals surface area contributed by atoms with Crippen LogP contribution in [0.3, 0.4) is 0 Å². The van der Waals surface area contributed by atoms with Crippen LogP contribution < -0.4 is 0 Å². The predicted molar refractivity (Wildman–Crippen MR) is 80.2 cm³/mol. The molecule has 0 amide bonds. The van der Waals surface area contributed by atoms with Crippen LogP contribution in [0.4, 0.5) is 0 Å². The molecular formula is C14H9Cl3O2. The maximum Gasteiger partial charge on any atom is 0.118 e. The van der Waals surface area contributed by atoms with Crippen molar-refractivity contribution in [2.24, 2.45) is 0 Å². The maximum absolute atomic E-state index is 9.40. The summed E-state index contributed by atoms with van der Waals surface area (Å²) in [5.41, 5.74) is 1.21. The Labute approximate surface area is 125 Å². The molecule has 0 saturated heterocycles. The zero-order valence-electron chi connectivity index (χ0n) is 9.57. The molecule has 2 aromatic rings. The van der Waals surface area contributed by atoms with Crippen molar-refractivity contribution in [2.75, 3.05) is 0 Å². The Morgan fingerprint density at radius 2 is 1.37 bits per heavy atom. The fourth-order valence-corrected chi connectivity index (χ4v) is 2.34. The molecule has 2 nitrogen and oxygen atoms in total. The van der Waals surface area contributed by atoms with Gasteiger partial charge in [0.25, 0.3) is 0 Å². The normalized spacial score (nSPS) is 11.1. The van der Waals surface area contributed by atoms with Crippen molar-refractivity contribution in [3.63, 3.8) is 0 Å². The van der Waals surface area contributed by atoms with Crippen molar-refractivity contribution < 1.29 is 10.2 Å². The number of benzene rings is 2. The van der Waals surface area contributed by atoms with Crippen molar-refractivity contribution in [1.82, 2.24) is 0 Å². The van der Waals surface area contributed by atoms with E-state index in [4.69, 9.17) is 34.8 Å². The first-order valence-electron chi connectivity index (χ1n) is 5.32. The number of aromatic hydroxyl groups is 2. The van der Waals surface area contributed by atoms with E-state index in [1.54, 1.807) is 18.2 Å². The number of phenolic OH excluding ortho intramolecular Hbond substituents is 2. The van der Waals surface area contributed by atoms with E-state index in [9.17, 15) is 10.2 Å². The van der Waals surface area contributed by atoms with E-state index in [-0.39, 0.29) is 11.5 Å². The van der Waals surface area contributed by atoms with Crippen LogP contribution >= 0.6 is 34.8 Å². The number of halogens is 3. The molecule has 19 heavy (non-hydrogen) atoms. The summed E-state index contributed by atoms with van der Waals surface area (Å²) in [6.07, 6.45) is 3.36. The topological polar surface area (TPSA) is 40.5 Å². The van der Waals surface area contributed by atoms with Gasteiger partial charge in [-0.15, -0.1) is 0 Å². The predicted octanol–water partition coefficient (Wildman–Crippen LogP) is 5.23. The van der Waals surface area contributed by atoms with Crippen molar-refractivity contribution in [1.29, 1.82) is 0 Å². The van der Waals surface area contributed by atoms with E-state index >= 15 is 0 Å². The second-order valence-corrected chi connectivity index (χ2v) is 5.08. The molecule has 0 atom stereocenters. The van der Waals surface area contributed by atoms with E-state index in [1.165, 1.54) is 24.3 Å². The van der Waals surface area contributed by atoms with E-state index in [2.05, 4.69) is 0 Å². The minimum absolute atomic E-state index is 0.00235. The molecule has 0 heterocycles. The van der Waals surface area contributed by atoms with E-state index in [0.29, 0.717) is 26.2 Å². The minimum Gasteiger partial charge on any atom is -0.508 e. The van der Waals surface area contributed by atoms with Gasteiger partial charge in [-0.25, -0.2) is 0 Å².